The van der Waals surface area contributed by atoms with Gasteiger partial charge in [-0.15, -0.1) is 0 Å². The molecule has 0 aliphatic carbocycles. The monoisotopic (exact) mass is 376 g/mol. The van der Waals surface area contributed by atoms with E-state index in [1.807, 2.05) is 49.4 Å². The Morgan fingerprint density at radius 1 is 1.00 bits per heavy atom. The van der Waals surface area contributed by atoms with Crippen LogP contribution in [0.5, 0.6) is 0 Å². The number of aryl methyl sites for hydroxylation is 1. The predicted octanol–water partition coefficient (Wildman–Crippen LogP) is 2.24. The molecule has 1 atom stereocenters. The third-order valence-corrected chi connectivity index (χ3v) is 5.35. The molecule has 2 heterocycles. The van der Waals surface area contributed by atoms with Crippen molar-refractivity contribution in [1.82, 2.24) is 10.2 Å². The SMILES string of the molecule is Cc1ccccc1C(=O)CC1NC(N2CCN(c3ccccc3)CC2)=NC1=O. The van der Waals surface area contributed by atoms with Crippen molar-refractivity contribution >= 4 is 23.3 Å². The summed E-state index contributed by atoms with van der Waals surface area (Å²) in [4.78, 5) is 33.5. The number of aliphatic imine (C=N–C) groups is 1. The molecular weight excluding hydrogens is 352 g/mol. The third-order valence-electron chi connectivity index (χ3n) is 5.35. The highest BCUT2D eigenvalue weighted by molar-refractivity contribution is 6.07. The largest absolute Gasteiger partial charge is 0.368 e. The maximum Gasteiger partial charge on any atom is 0.271 e. The summed E-state index contributed by atoms with van der Waals surface area (Å²) >= 11 is 0. The van der Waals surface area contributed by atoms with Crippen molar-refractivity contribution in [2.45, 2.75) is 19.4 Å². The average Bonchev–Trinajstić information content (AvgIpc) is 3.09. The van der Waals surface area contributed by atoms with Crippen molar-refractivity contribution < 1.29 is 9.59 Å². The molecule has 0 aromatic heterocycles. The summed E-state index contributed by atoms with van der Waals surface area (Å²) in [7, 11) is 0. The van der Waals surface area contributed by atoms with Crippen LogP contribution >= 0.6 is 0 Å². The summed E-state index contributed by atoms with van der Waals surface area (Å²) in [5, 5.41) is 3.17. The summed E-state index contributed by atoms with van der Waals surface area (Å²) in [5.41, 5.74) is 2.80. The molecule has 2 aromatic rings. The van der Waals surface area contributed by atoms with Gasteiger partial charge in [0.15, 0.2) is 5.78 Å². The van der Waals surface area contributed by atoms with Crippen molar-refractivity contribution in [2.75, 3.05) is 31.1 Å². The molecule has 2 aliphatic heterocycles. The van der Waals surface area contributed by atoms with Crippen LogP contribution in [0.4, 0.5) is 5.69 Å². The van der Waals surface area contributed by atoms with Gasteiger partial charge in [-0.05, 0) is 24.6 Å². The Morgan fingerprint density at radius 2 is 1.64 bits per heavy atom. The maximum atomic E-state index is 12.6. The number of piperazine rings is 1. The lowest BCUT2D eigenvalue weighted by Gasteiger charge is -2.37. The van der Waals surface area contributed by atoms with Gasteiger partial charge < -0.3 is 15.1 Å². The fourth-order valence-corrected chi connectivity index (χ4v) is 3.73. The Bertz CT molecular complexity index is 902. The number of anilines is 1. The van der Waals surface area contributed by atoms with E-state index in [9.17, 15) is 9.59 Å². The van der Waals surface area contributed by atoms with Gasteiger partial charge in [0.25, 0.3) is 5.91 Å². The molecule has 0 saturated carbocycles. The minimum absolute atomic E-state index is 0.0331. The fraction of sp³-hybridized carbons (Fsp3) is 0.318. The molecule has 1 saturated heterocycles. The van der Waals surface area contributed by atoms with Crippen LogP contribution in [0, 0.1) is 6.92 Å². The van der Waals surface area contributed by atoms with Gasteiger partial charge in [-0.2, -0.15) is 4.99 Å². The van der Waals surface area contributed by atoms with Crippen molar-refractivity contribution in [1.29, 1.82) is 0 Å². The molecule has 2 aromatic carbocycles. The zero-order valence-corrected chi connectivity index (χ0v) is 16.0. The number of Topliss-reactive ketones (excluding diaryl/α,β-unsaturated/α-hetero) is 1. The smallest absolute Gasteiger partial charge is 0.271 e. The quantitative estimate of drug-likeness (QED) is 0.829. The van der Waals surface area contributed by atoms with Gasteiger partial charge in [-0.1, -0.05) is 42.5 Å². The van der Waals surface area contributed by atoms with Crippen LogP contribution in [-0.2, 0) is 4.79 Å². The highest BCUT2D eigenvalue weighted by atomic mass is 16.2. The van der Waals surface area contributed by atoms with Crippen molar-refractivity contribution in [3.8, 4) is 0 Å². The van der Waals surface area contributed by atoms with Gasteiger partial charge in [-0.25, -0.2) is 0 Å². The number of benzene rings is 2. The topological polar surface area (TPSA) is 65.0 Å². The van der Waals surface area contributed by atoms with Crippen molar-refractivity contribution in [3.63, 3.8) is 0 Å². The van der Waals surface area contributed by atoms with Gasteiger partial charge in [0, 0.05) is 43.9 Å². The first kappa shape index (κ1) is 18.2. The lowest BCUT2D eigenvalue weighted by molar-refractivity contribution is -0.118. The second-order valence-corrected chi connectivity index (χ2v) is 7.22. The second-order valence-electron chi connectivity index (χ2n) is 7.22. The molecular formula is C22H24N4O2. The molecule has 0 radical (unpaired) electrons. The van der Waals surface area contributed by atoms with E-state index in [-0.39, 0.29) is 18.1 Å². The first-order valence-corrected chi connectivity index (χ1v) is 9.64. The molecule has 28 heavy (non-hydrogen) atoms. The Kier molecular flexibility index (Phi) is 5.10. The van der Waals surface area contributed by atoms with Gasteiger partial charge in [0.05, 0.1) is 0 Å². The summed E-state index contributed by atoms with van der Waals surface area (Å²) in [6.45, 7) is 5.21. The van der Waals surface area contributed by atoms with Crippen LogP contribution in [0.3, 0.4) is 0 Å². The number of carbonyl (C=O) groups is 2. The number of hydrogen-bond donors (Lipinski definition) is 1. The average molecular weight is 376 g/mol. The minimum Gasteiger partial charge on any atom is -0.368 e. The summed E-state index contributed by atoms with van der Waals surface area (Å²) in [6.07, 6.45) is 0.126. The van der Waals surface area contributed by atoms with Gasteiger partial charge >= 0.3 is 0 Å². The zero-order valence-electron chi connectivity index (χ0n) is 16.0. The van der Waals surface area contributed by atoms with Crippen molar-refractivity contribution in [2.24, 2.45) is 4.99 Å². The lowest BCUT2D eigenvalue weighted by atomic mass is 10.00. The van der Waals surface area contributed by atoms with E-state index in [0.717, 1.165) is 31.7 Å². The standard InChI is InChI=1S/C22H24N4O2/c1-16-7-5-6-10-18(16)20(27)15-19-21(28)24-22(23-19)26-13-11-25(12-14-26)17-8-3-2-4-9-17/h2-10,19H,11-15H2,1H3,(H,23,24,28). The summed E-state index contributed by atoms with van der Waals surface area (Å²) < 4.78 is 0. The Morgan fingerprint density at radius 3 is 2.36 bits per heavy atom. The number of rotatable bonds is 4. The number of guanidine groups is 1. The Balaban J connectivity index is 1.34. The third kappa shape index (κ3) is 3.76. The fourth-order valence-electron chi connectivity index (χ4n) is 3.73. The van der Waals surface area contributed by atoms with E-state index < -0.39 is 6.04 Å². The molecule has 1 fully saturated rings. The normalized spacial score (nSPS) is 19.4. The van der Waals surface area contributed by atoms with Crippen LogP contribution in [0.2, 0.25) is 0 Å². The molecule has 144 valence electrons. The first-order chi connectivity index (χ1) is 13.6. The minimum atomic E-state index is -0.575. The van der Waals surface area contributed by atoms with Crippen LogP contribution in [0.25, 0.3) is 0 Å². The van der Waals surface area contributed by atoms with Crippen LogP contribution in [0.1, 0.15) is 22.3 Å². The molecule has 0 spiro atoms. The number of carbonyl (C=O) groups excluding carboxylic acids is 2. The highest BCUT2D eigenvalue weighted by Crippen LogP contribution is 2.18. The molecule has 1 amide bonds. The molecule has 0 bridgehead atoms. The molecule has 1 unspecified atom stereocenters. The molecule has 2 aliphatic rings. The number of nitrogens with one attached hydrogen (secondary N) is 1. The molecule has 6 heteroatoms. The van der Waals surface area contributed by atoms with E-state index in [2.05, 4.69) is 32.2 Å². The Hall–Kier alpha value is -3.15. The van der Waals surface area contributed by atoms with Crippen LogP contribution in [0.15, 0.2) is 59.6 Å². The lowest BCUT2D eigenvalue weighted by Crippen LogP contribution is -2.52. The van der Waals surface area contributed by atoms with E-state index >= 15 is 0 Å². The van der Waals surface area contributed by atoms with E-state index in [0.29, 0.717) is 11.5 Å². The van der Waals surface area contributed by atoms with E-state index in [4.69, 9.17) is 0 Å². The van der Waals surface area contributed by atoms with Gasteiger partial charge in [-0.3, -0.25) is 9.59 Å². The number of amides is 1. The van der Waals surface area contributed by atoms with Crippen LogP contribution < -0.4 is 10.2 Å². The number of ketones is 1. The summed E-state index contributed by atoms with van der Waals surface area (Å²) in [5.74, 6) is 0.303. The molecule has 1 N–H and O–H groups in total. The number of para-hydroxylation sites is 1. The number of hydrogen-bond acceptors (Lipinski definition) is 5. The molecule has 4 rings (SSSR count). The maximum absolute atomic E-state index is 12.6. The first-order valence-electron chi connectivity index (χ1n) is 9.64. The molecule has 6 nitrogen and oxygen atoms in total. The predicted molar refractivity (Wildman–Crippen MR) is 110 cm³/mol. The highest BCUT2D eigenvalue weighted by Gasteiger charge is 2.32. The Labute approximate surface area is 164 Å². The second kappa shape index (κ2) is 7.84. The number of nitrogens with zero attached hydrogens (tertiary/aromatic N) is 3. The van der Waals surface area contributed by atoms with E-state index in [1.54, 1.807) is 0 Å². The van der Waals surface area contributed by atoms with Crippen molar-refractivity contribution in [3.05, 3.63) is 65.7 Å². The zero-order chi connectivity index (χ0) is 19.5. The van der Waals surface area contributed by atoms with Gasteiger partial charge in [0.2, 0.25) is 5.96 Å². The van der Waals surface area contributed by atoms with Gasteiger partial charge in [0.1, 0.15) is 6.04 Å². The van der Waals surface area contributed by atoms with Crippen LogP contribution in [-0.4, -0.2) is 54.8 Å². The van der Waals surface area contributed by atoms with E-state index in [1.165, 1.54) is 5.69 Å². The summed E-state index contributed by atoms with van der Waals surface area (Å²) in [6, 6.07) is 17.2.